The summed E-state index contributed by atoms with van der Waals surface area (Å²) in [6.07, 6.45) is -4.86. The molecule has 2 rings (SSSR count). The van der Waals surface area contributed by atoms with E-state index in [2.05, 4.69) is 0 Å². The molecule has 0 spiro atoms. The second kappa shape index (κ2) is 8.30. The van der Waals surface area contributed by atoms with Crippen LogP contribution in [-0.2, 0) is 47.5 Å². The smallest absolute Gasteiger partial charge is 0.303 e. The number of rotatable bonds is 6. The first-order valence-corrected chi connectivity index (χ1v) is 8.28. The van der Waals surface area contributed by atoms with E-state index in [4.69, 9.17) is 33.2 Å². The zero-order chi connectivity index (χ0) is 19.5. The van der Waals surface area contributed by atoms with Gasteiger partial charge in [0.1, 0.15) is 12.7 Å². The van der Waals surface area contributed by atoms with Gasteiger partial charge in [0.25, 0.3) is 5.97 Å². The van der Waals surface area contributed by atoms with E-state index in [1.165, 1.54) is 20.8 Å². The fourth-order valence-corrected chi connectivity index (χ4v) is 2.91. The predicted octanol–water partition coefficient (Wildman–Crippen LogP) is 0.263. The van der Waals surface area contributed by atoms with Gasteiger partial charge in [0.2, 0.25) is 0 Å². The third-order valence-electron chi connectivity index (χ3n) is 3.73. The molecule has 0 saturated carbocycles. The van der Waals surface area contributed by atoms with Crippen LogP contribution in [0.15, 0.2) is 0 Å². The number of carbonyl (C=O) groups is 3. The van der Waals surface area contributed by atoms with Gasteiger partial charge in [-0.3, -0.25) is 19.1 Å². The van der Waals surface area contributed by atoms with Crippen molar-refractivity contribution in [2.45, 2.75) is 71.3 Å². The number of carbonyl (C=O) groups excluding carboxylic acids is 3. The van der Waals surface area contributed by atoms with Gasteiger partial charge in [-0.25, -0.2) is 0 Å². The van der Waals surface area contributed by atoms with Crippen LogP contribution in [0.1, 0.15) is 34.6 Å². The fourth-order valence-electron chi connectivity index (χ4n) is 2.91. The maximum Gasteiger partial charge on any atom is 0.303 e. The van der Waals surface area contributed by atoms with Gasteiger partial charge in [-0.15, -0.1) is 0 Å². The van der Waals surface area contributed by atoms with Crippen LogP contribution in [0.25, 0.3) is 0 Å². The molecule has 0 amide bonds. The normalized spacial score (nSPS) is 36.1. The highest BCUT2D eigenvalue weighted by atomic mass is 16.9. The average molecular weight is 376 g/mol. The van der Waals surface area contributed by atoms with Crippen LogP contribution in [0.2, 0.25) is 0 Å². The first kappa shape index (κ1) is 20.6. The molecule has 6 atom stereocenters. The van der Waals surface area contributed by atoms with E-state index >= 15 is 0 Å². The molecule has 2 aliphatic heterocycles. The van der Waals surface area contributed by atoms with Gasteiger partial charge >= 0.3 is 17.9 Å². The van der Waals surface area contributed by atoms with Crippen molar-refractivity contribution in [1.29, 1.82) is 0 Å². The molecule has 2 fully saturated rings. The number of ether oxygens (including phenoxy) is 7. The van der Waals surface area contributed by atoms with Crippen LogP contribution >= 0.6 is 0 Å². The lowest BCUT2D eigenvalue weighted by molar-refractivity contribution is -0.342. The number of hydrogen-bond donors (Lipinski definition) is 0. The molecule has 26 heavy (non-hydrogen) atoms. The average Bonchev–Trinajstić information content (AvgIpc) is 2.83. The maximum atomic E-state index is 11.6. The summed E-state index contributed by atoms with van der Waals surface area (Å²) in [6, 6.07) is 0. The van der Waals surface area contributed by atoms with Gasteiger partial charge in [0.15, 0.2) is 24.6 Å². The standard InChI is InChI=1S/C16H24O10/c1-6-21-16(5)25-14-13(23-10(4)19)12(22-9(3)18)11(7-20-8(2)17)24-15(14)26-16/h11-15H,6-7H2,1-5H3/t11-,12-,13+,14-,15-,16-/m1/s1. The molecule has 10 heteroatoms. The molecule has 10 nitrogen and oxygen atoms in total. The van der Waals surface area contributed by atoms with E-state index in [9.17, 15) is 14.4 Å². The van der Waals surface area contributed by atoms with Gasteiger partial charge < -0.3 is 28.4 Å². The Hall–Kier alpha value is -1.75. The Morgan fingerprint density at radius 2 is 1.58 bits per heavy atom. The van der Waals surface area contributed by atoms with Crippen LogP contribution in [0.3, 0.4) is 0 Å². The van der Waals surface area contributed by atoms with Crippen LogP contribution < -0.4 is 0 Å². The molecule has 0 unspecified atom stereocenters. The summed E-state index contributed by atoms with van der Waals surface area (Å²) in [5.41, 5.74) is 0. The molecule has 0 aromatic rings. The fraction of sp³-hybridized carbons (Fsp3) is 0.812. The highest BCUT2D eigenvalue weighted by Gasteiger charge is 2.59. The summed E-state index contributed by atoms with van der Waals surface area (Å²) in [7, 11) is 0. The summed E-state index contributed by atoms with van der Waals surface area (Å²) in [5.74, 6) is -3.18. The van der Waals surface area contributed by atoms with E-state index in [0.717, 1.165) is 0 Å². The summed E-state index contributed by atoms with van der Waals surface area (Å²) < 4.78 is 38.2. The molecule has 0 aliphatic carbocycles. The van der Waals surface area contributed by atoms with Crippen LogP contribution in [0.5, 0.6) is 0 Å². The largest absolute Gasteiger partial charge is 0.463 e. The Labute approximate surface area is 150 Å². The zero-order valence-electron chi connectivity index (χ0n) is 15.4. The van der Waals surface area contributed by atoms with Crippen molar-refractivity contribution in [3.05, 3.63) is 0 Å². The van der Waals surface area contributed by atoms with Crippen molar-refractivity contribution in [3.8, 4) is 0 Å². The van der Waals surface area contributed by atoms with Gasteiger partial charge in [-0.05, 0) is 6.92 Å². The Bertz CT molecular complexity index is 549. The molecule has 0 aromatic heterocycles. The Morgan fingerprint density at radius 1 is 0.962 bits per heavy atom. The van der Waals surface area contributed by atoms with Gasteiger partial charge in [0, 0.05) is 34.3 Å². The third-order valence-corrected chi connectivity index (χ3v) is 3.73. The molecule has 0 aromatic carbocycles. The van der Waals surface area contributed by atoms with Crippen molar-refractivity contribution in [1.82, 2.24) is 0 Å². The topological polar surface area (TPSA) is 116 Å². The molecule has 2 aliphatic rings. The molecule has 0 radical (unpaired) electrons. The van der Waals surface area contributed by atoms with E-state index < -0.39 is 54.6 Å². The first-order valence-electron chi connectivity index (χ1n) is 8.28. The van der Waals surface area contributed by atoms with Crippen molar-refractivity contribution in [2.24, 2.45) is 0 Å². The Kier molecular flexibility index (Phi) is 6.56. The quantitative estimate of drug-likeness (QED) is 0.472. The van der Waals surface area contributed by atoms with Gasteiger partial charge in [-0.2, -0.15) is 0 Å². The monoisotopic (exact) mass is 376 g/mol. The van der Waals surface area contributed by atoms with Gasteiger partial charge in [0.05, 0.1) is 0 Å². The summed E-state index contributed by atoms with van der Waals surface area (Å²) in [4.78, 5) is 34.2. The minimum absolute atomic E-state index is 0.219. The molecule has 0 bridgehead atoms. The first-order chi connectivity index (χ1) is 12.1. The Morgan fingerprint density at radius 3 is 2.12 bits per heavy atom. The predicted molar refractivity (Wildman–Crippen MR) is 82.4 cm³/mol. The lowest BCUT2D eigenvalue weighted by Gasteiger charge is -2.40. The molecule has 0 N–H and O–H groups in total. The lowest BCUT2D eigenvalue weighted by Crippen LogP contribution is -2.60. The number of hydrogen-bond acceptors (Lipinski definition) is 10. The van der Waals surface area contributed by atoms with Crippen molar-refractivity contribution < 1.29 is 47.5 Å². The number of esters is 3. The SMILES string of the molecule is CCO[C@@]1(C)O[C@H]2O[C@H](COC(C)=O)[C@@H](OC(C)=O)[C@H](OC(C)=O)[C@H]2O1. The lowest BCUT2D eigenvalue weighted by atomic mass is 9.98. The third kappa shape index (κ3) is 4.91. The van der Waals surface area contributed by atoms with Crippen LogP contribution in [-0.4, -0.2) is 67.8 Å². The molecular formula is C16H24O10. The van der Waals surface area contributed by atoms with Crippen molar-refractivity contribution in [2.75, 3.05) is 13.2 Å². The maximum absolute atomic E-state index is 11.6. The van der Waals surface area contributed by atoms with Crippen molar-refractivity contribution in [3.63, 3.8) is 0 Å². The van der Waals surface area contributed by atoms with Crippen LogP contribution in [0, 0.1) is 0 Å². The second-order valence-electron chi connectivity index (χ2n) is 5.99. The highest BCUT2D eigenvalue weighted by Crippen LogP contribution is 2.39. The summed E-state index contributed by atoms with van der Waals surface area (Å²) in [6.45, 7) is 7.04. The van der Waals surface area contributed by atoms with Crippen LogP contribution in [0.4, 0.5) is 0 Å². The Balaban J connectivity index is 2.29. The van der Waals surface area contributed by atoms with E-state index in [1.807, 2.05) is 0 Å². The van der Waals surface area contributed by atoms with E-state index in [-0.39, 0.29) is 6.61 Å². The van der Waals surface area contributed by atoms with Gasteiger partial charge in [-0.1, -0.05) is 0 Å². The molecule has 148 valence electrons. The molecule has 2 heterocycles. The second-order valence-corrected chi connectivity index (χ2v) is 5.99. The molecular weight excluding hydrogens is 352 g/mol. The number of fused-ring (bicyclic) bond motifs is 1. The van der Waals surface area contributed by atoms with E-state index in [1.54, 1.807) is 13.8 Å². The summed E-state index contributed by atoms with van der Waals surface area (Å²) in [5, 5.41) is 0. The van der Waals surface area contributed by atoms with E-state index in [0.29, 0.717) is 6.61 Å². The summed E-state index contributed by atoms with van der Waals surface area (Å²) >= 11 is 0. The minimum atomic E-state index is -1.42. The zero-order valence-corrected chi connectivity index (χ0v) is 15.4. The highest BCUT2D eigenvalue weighted by molar-refractivity contribution is 5.67. The molecule has 2 saturated heterocycles. The minimum Gasteiger partial charge on any atom is -0.463 e. The van der Waals surface area contributed by atoms with Crippen molar-refractivity contribution >= 4 is 17.9 Å².